The largest absolute Gasteiger partial charge is 0.304 e. The molecule has 3 heterocycles. The van der Waals surface area contributed by atoms with Gasteiger partial charge in [-0.1, -0.05) is 0 Å². The molecular formula is C16H23N5OS. The number of hydrogen-bond acceptors (Lipinski definition) is 6. The van der Waals surface area contributed by atoms with Crippen LogP contribution in [-0.4, -0.2) is 45.0 Å². The van der Waals surface area contributed by atoms with Gasteiger partial charge in [0.25, 0.3) is 5.56 Å². The normalized spacial score (nSPS) is 15.7. The molecule has 0 saturated carbocycles. The van der Waals surface area contributed by atoms with Crippen LogP contribution in [0.1, 0.15) is 28.6 Å². The lowest BCUT2D eigenvalue weighted by Crippen LogP contribution is -2.28. The monoisotopic (exact) mass is 333 g/mol. The van der Waals surface area contributed by atoms with Crippen molar-refractivity contribution in [2.45, 2.75) is 39.5 Å². The Morgan fingerprint density at radius 3 is 2.78 bits per heavy atom. The molecule has 1 aliphatic heterocycles. The summed E-state index contributed by atoms with van der Waals surface area (Å²) in [7, 11) is 3.98. The van der Waals surface area contributed by atoms with E-state index in [0.29, 0.717) is 13.1 Å². The Kier molecular flexibility index (Phi) is 4.89. The minimum Gasteiger partial charge on any atom is -0.304 e. The first kappa shape index (κ1) is 16.3. The average molecular weight is 333 g/mol. The standard InChI is InChI=1S/C16H23N5OS/c1-12-17-14(11-23-12)9-20-5-4-6-21-15(10-20)18-13(7-16(21)22)8-19(2)3/h7,11H,4-6,8-10H2,1-3H3. The first-order valence-electron chi connectivity index (χ1n) is 7.89. The lowest BCUT2D eigenvalue weighted by atomic mass is 10.3. The molecule has 1 aliphatic rings. The molecule has 7 heteroatoms. The molecule has 0 aromatic carbocycles. The molecule has 0 amide bonds. The first-order chi connectivity index (χ1) is 11.0. The molecule has 0 atom stereocenters. The van der Waals surface area contributed by atoms with E-state index < -0.39 is 0 Å². The van der Waals surface area contributed by atoms with Gasteiger partial charge in [0.15, 0.2) is 0 Å². The van der Waals surface area contributed by atoms with Crippen molar-refractivity contribution in [3.63, 3.8) is 0 Å². The van der Waals surface area contributed by atoms with Crippen molar-refractivity contribution in [2.75, 3.05) is 20.6 Å². The fourth-order valence-electron chi connectivity index (χ4n) is 2.95. The zero-order valence-corrected chi connectivity index (χ0v) is 14.8. The van der Waals surface area contributed by atoms with Gasteiger partial charge in [-0.05, 0) is 27.4 Å². The Hall–Kier alpha value is -1.57. The third kappa shape index (κ3) is 4.04. The van der Waals surface area contributed by atoms with Crippen LogP contribution in [0.4, 0.5) is 0 Å². The van der Waals surface area contributed by atoms with Crippen molar-refractivity contribution < 1.29 is 0 Å². The molecule has 2 aromatic rings. The summed E-state index contributed by atoms with van der Waals surface area (Å²) in [6.07, 6.45) is 0.963. The van der Waals surface area contributed by atoms with Crippen molar-refractivity contribution in [3.05, 3.63) is 44.0 Å². The van der Waals surface area contributed by atoms with Gasteiger partial charge in [-0.3, -0.25) is 14.3 Å². The molecule has 3 rings (SSSR count). The van der Waals surface area contributed by atoms with Gasteiger partial charge < -0.3 is 4.90 Å². The molecule has 0 saturated heterocycles. The van der Waals surface area contributed by atoms with E-state index in [0.717, 1.165) is 48.3 Å². The van der Waals surface area contributed by atoms with Crippen LogP contribution in [0.3, 0.4) is 0 Å². The topological polar surface area (TPSA) is 54.3 Å². The third-order valence-corrected chi connectivity index (χ3v) is 4.71. The maximum absolute atomic E-state index is 12.4. The van der Waals surface area contributed by atoms with Crippen LogP contribution < -0.4 is 5.56 Å². The number of rotatable bonds is 4. The average Bonchev–Trinajstić information content (AvgIpc) is 2.75. The van der Waals surface area contributed by atoms with Crippen LogP contribution in [-0.2, 0) is 26.2 Å². The van der Waals surface area contributed by atoms with Crippen molar-refractivity contribution in [1.82, 2.24) is 24.3 Å². The van der Waals surface area contributed by atoms with E-state index in [-0.39, 0.29) is 5.56 Å². The van der Waals surface area contributed by atoms with Gasteiger partial charge in [-0.2, -0.15) is 0 Å². The zero-order chi connectivity index (χ0) is 16.4. The van der Waals surface area contributed by atoms with E-state index >= 15 is 0 Å². The van der Waals surface area contributed by atoms with Crippen molar-refractivity contribution in [1.29, 1.82) is 0 Å². The fourth-order valence-corrected chi connectivity index (χ4v) is 3.55. The van der Waals surface area contributed by atoms with Crippen molar-refractivity contribution in [3.8, 4) is 0 Å². The molecule has 0 unspecified atom stereocenters. The van der Waals surface area contributed by atoms with E-state index in [2.05, 4.69) is 15.3 Å². The molecule has 6 nitrogen and oxygen atoms in total. The highest BCUT2D eigenvalue weighted by atomic mass is 32.1. The van der Waals surface area contributed by atoms with E-state index in [4.69, 9.17) is 4.98 Å². The van der Waals surface area contributed by atoms with Gasteiger partial charge in [-0.25, -0.2) is 9.97 Å². The second-order valence-electron chi connectivity index (χ2n) is 6.31. The quantitative estimate of drug-likeness (QED) is 0.848. The van der Waals surface area contributed by atoms with Gasteiger partial charge >= 0.3 is 0 Å². The zero-order valence-electron chi connectivity index (χ0n) is 13.9. The van der Waals surface area contributed by atoms with E-state index in [1.807, 2.05) is 30.5 Å². The SMILES string of the molecule is Cc1nc(CN2CCCn3c(nc(CN(C)C)cc3=O)C2)cs1. The molecule has 124 valence electrons. The summed E-state index contributed by atoms with van der Waals surface area (Å²) < 4.78 is 1.82. The number of thiazole rings is 1. The van der Waals surface area contributed by atoms with Gasteiger partial charge in [0, 0.05) is 37.6 Å². The van der Waals surface area contributed by atoms with Crippen LogP contribution in [0.5, 0.6) is 0 Å². The highest BCUT2D eigenvalue weighted by molar-refractivity contribution is 7.09. The molecular weight excluding hydrogens is 310 g/mol. The molecule has 0 N–H and O–H groups in total. The van der Waals surface area contributed by atoms with Gasteiger partial charge in [-0.15, -0.1) is 11.3 Å². The van der Waals surface area contributed by atoms with Crippen molar-refractivity contribution in [2.24, 2.45) is 0 Å². The highest BCUT2D eigenvalue weighted by Crippen LogP contribution is 2.15. The molecule has 0 radical (unpaired) electrons. The minimum atomic E-state index is 0.0678. The second-order valence-corrected chi connectivity index (χ2v) is 7.38. The number of aryl methyl sites for hydroxylation is 1. The Morgan fingerprint density at radius 1 is 1.26 bits per heavy atom. The number of nitrogens with zero attached hydrogens (tertiary/aromatic N) is 5. The summed E-state index contributed by atoms with van der Waals surface area (Å²) in [5, 5.41) is 3.21. The van der Waals surface area contributed by atoms with Crippen LogP contribution in [0.25, 0.3) is 0 Å². The molecule has 2 aromatic heterocycles. The summed E-state index contributed by atoms with van der Waals surface area (Å²) in [5.41, 5.74) is 2.02. The second kappa shape index (κ2) is 6.90. The predicted molar refractivity (Wildman–Crippen MR) is 91.5 cm³/mol. The first-order valence-corrected chi connectivity index (χ1v) is 8.77. The van der Waals surface area contributed by atoms with Gasteiger partial charge in [0.2, 0.25) is 0 Å². The van der Waals surface area contributed by atoms with E-state index in [1.165, 1.54) is 0 Å². The maximum Gasteiger partial charge on any atom is 0.253 e. The van der Waals surface area contributed by atoms with Crippen LogP contribution in [0, 0.1) is 6.92 Å². The number of hydrogen-bond donors (Lipinski definition) is 0. The Bertz CT molecular complexity index is 736. The summed E-state index contributed by atoms with van der Waals surface area (Å²) in [6.45, 7) is 5.94. The third-order valence-electron chi connectivity index (χ3n) is 3.89. The molecule has 0 bridgehead atoms. The van der Waals surface area contributed by atoms with Crippen molar-refractivity contribution >= 4 is 11.3 Å². The number of fused-ring (bicyclic) bond motifs is 1. The summed E-state index contributed by atoms with van der Waals surface area (Å²) >= 11 is 1.68. The smallest absolute Gasteiger partial charge is 0.253 e. The molecule has 23 heavy (non-hydrogen) atoms. The van der Waals surface area contributed by atoms with Crippen LogP contribution in [0.15, 0.2) is 16.2 Å². The summed E-state index contributed by atoms with van der Waals surface area (Å²) in [4.78, 5) is 26.0. The lowest BCUT2D eigenvalue weighted by molar-refractivity contribution is 0.255. The Labute approximate surface area is 140 Å². The molecule has 0 fully saturated rings. The van der Waals surface area contributed by atoms with Crippen LogP contribution in [0.2, 0.25) is 0 Å². The fraction of sp³-hybridized carbons (Fsp3) is 0.562. The van der Waals surface area contributed by atoms with Gasteiger partial charge in [0.1, 0.15) is 5.82 Å². The summed E-state index contributed by atoms with van der Waals surface area (Å²) in [6, 6.07) is 1.67. The Balaban J connectivity index is 1.83. The lowest BCUT2D eigenvalue weighted by Gasteiger charge is -2.19. The van der Waals surface area contributed by atoms with Gasteiger partial charge in [0.05, 0.1) is 22.9 Å². The van der Waals surface area contributed by atoms with E-state index in [9.17, 15) is 4.79 Å². The molecule has 0 aliphatic carbocycles. The minimum absolute atomic E-state index is 0.0678. The molecule has 0 spiro atoms. The highest BCUT2D eigenvalue weighted by Gasteiger charge is 2.18. The van der Waals surface area contributed by atoms with E-state index in [1.54, 1.807) is 17.4 Å². The maximum atomic E-state index is 12.4. The van der Waals surface area contributed by atoms with Crippen LogP contribution >= 0.6 is 11.3 Å². The Morgan fingerprint density at radius 2 is 2.09 bits per heavy atom. The predicted octanol–water partition coefficient (Wildman–Crippen LogP) is 1.48. The number of aromatic nitrogens is 3. The summed E-state index contributed by atoms with van der Waals surface area (Å²) in [5.74, 6) is 0.874.